The highest BCUT2D eigenvalue weighted by atomic mass is 32.1. The first-order valence-corrected chi connectivity index (χ1v) is 3.85. The van der Waals surface area contributed by atoms with Crippen molar-refractivity contribution >= 4 is 11.3 Å². The Morgan fingerprint density at radius 2 is 2.55 bits per heavy atom. The van der Waals surface area contributed by atoms with Gasteiger partial charge in [-0.2, -0.15) is 16.0 Å². The van der Waals surface area contributed by atoms with Crippen molar-refractivity contribution in [2.75, 3.05) is 0 Å². The topological polar surface area (TPSA) is 63.6 Å². The molecule has 2 aromatic heterocycles. The number of nitrogens with zero attached hydrogens (tertiary/aromatic N) is 3. The Balaban J connectivity index is 2.62. The van der Waals surface area contributed by atoms with Crippen LogP contribution in [0.5, 0.6) is 0 Å². The van der Waals surface area contributed by atoms with Crippen molar-refractivity contribution in [3.63, 3.8) is 0 Å². The highest BCUT2D eigenvalue weighted by molar-refractivity contribution is 7.08. The van der Waals surface area contributed by atoms with E-state index in [0.29, 0.717) is 0 Å². The molecule has 0 spiro atoms. The van der Waals surface area contributed by atoms with E-state index < -0.39 is 0 Å². The molecule has 0 radical (unpaired) electrons. The van der Waals surface area contributed by atoms with E-state index in [1.54, 1.807) is 6.07 Å². The Hall–Kier alpha value is -1.43. The van der Waals surface area contributed by atoms with Gasteiger partial charge in [-0.1, -0.05) is 0 Å². The highest BCUT2D eigenvalue weighted by Crippen LogP contribution is 2.07. The third-order valence-electron chi connectivity index (χ3n) is 1.22. The lowest BCUT2D eigenvalue weighted by atomic mass is 10.5. The van der Waals surface area contributed by atoms with Crippen LogP contribution in [0, 0.1) is 0 Å². The van der Waals surface area contributed by atoms with Crippen LogP contribution in [0.3, 0.4) is 0 Å². The summed E-state index contributed by atoms with van der Waals surface area (Å²) in [6.45, 7) is 0. The second-order valence-corrected chi connectivity index (χ2v) is 2.68. The van der Waals surface area contributed by atoms with Crippen molar-refractivity contribution in [3.8, 4) is 5.69 Å². The predicted octanol–water partition coefficient (Wildman–Crippen LogP) is 0.0171. The van der Waals surface area contributed by atoms with Crippen LogP contribution in [0.15, 0.2) is 21.6 Å². The van der Waals surface area contributed by atoms with Crippen LogP contribution >= 0.6 is 11.3 Å². The molecule has 1 N–H and O–H groups in total. The van der Waals surface area contributed by atoms with Gasteiger partial charge in [0, 0.05) is 5.38 Å². The van der Waals surface area contributed by atoms with E-state index in [4.69, 9.17) is 0 Å². The third kappa shape index (κ3) is 0.966. The monoisotopic (exact) mass is 168 g/mol. The molecule has 2 rings (SSSR count). The number of rotatable bonds is 1. The molecule has 56 valence electrons. The molecule has 6 heteroatoms. The Morgan fingerprint density at radius 1 is 1.64 bits per heavy atom. The number of hydrogen-bond donors (Lipinski definition) is 1. The fraction of sp³-hybridized carbons (Fsp3) is 0. The maximum Gasteiger partial charge on any atom is 0.365 e. The molecule has 0 unspecified atom stereocenters. The summed E-state index contributed by atoms with van der Waals surface area (Å²) >= 11 is 1.51. The summed E-state index contributed by atoms with van der Waals surface area (Å²) < 4.78 is 1.20. The van der Waals surface area contributed by atoms with Gasteiger partial charge in [-0.05, 0) is 21.9 Å². The van der Waals surface area contributed by atoms with Gasteiger partial charge in [-0.15, -0.1) is 0 Å². The van der Waals surface area contributed by atoms with Gasteiger partial charge in [0.15, 0.2) is 0 Å². The number of nitrogens with one attached hydrogen (secondary N) is 1. The Bertz CT molecular complexity index is 387. The molecule has 0 aliphatic heterocycles. The zero-order chi connectivity index (χ0) is 7.68. The zero-order valence-corrected chi connectivity index (χ0v) is 6.21. The van der Waals surface area contributed by atoms with Gasteiger partial charge in [-0.3, -0.25) is 0 Å². The standard InChI is InChI=1S/C5H4N4OS/c10-5-6-7-8-9(5)4-1-2-11-3-4/h1-3H,(H,6,8,10). The van der Waals surface area contributed by atoms with E-state index in [0.717, 1.165) is 5.69 Å². The minimum Gasteiger partial charge on any atom is -0.244 e. The molecule has 5 nitrogen and oxygen atoms in total. The largest absolute Gasteiger partial charge is 0.365 e. The SMILES string of the molecule is O=c1[nH]nnn1-c1ccsc1. The molecule has 0 fully saturated rings. The van der Waals surface area contributed by atoms with Gasteiger partial charge in [0.2, 0.25) is 0 Å². The Morgan fingerprint density at radius 3 is 3.09 bits per heavy atom. The van der Waals surface area contributed by atoms with Gasteiger partial charge >= 0.3 is 5.69 Å². The third-order valence-corrected chi connectivity index (χ3v) is 1.89. The fourth-order valence-corrected chi connectivity index (χ4v) is 1.36. The lowest BCUT2D eigenvalue weighted by molar-refractivity contribution is 0.782. The van der Waals surface area contributed by atoms with Crippen molar-refractivity contribution in [3.05, 3.63) is 27.3 Å². The van der Waals surface area contributed by atoms with Crippen LogP contribution in [0.2, 0.25) is 0 Å². The van der Waals surface area contributed by atoms with Gasteiger partial charge in [0.25, 0.3) is 0 Å². The molecule has 0 aliphatic rings. The number of tetrazole rings is 1. The summed E-state index contributed by atoms with van der Waals surface area (Å²) in [5.74, 6) is 0. The van der Waals surface area contributed by atoms with Gasteiger partial charge in [0.1, 0.15) is 0 Å². The number of H-pyrrole nitrogens is 1. The second kappa shape index (κ2) is 2.31. The summed E-state index contributed by atoms with van der Waals surface area (Å²) in [5, 5.41) is 12.8. The van der Waals surface area contributed by atoms with Crippen molar-refractivity contribution in [2.24, 2.45) is 0 Å². The molecule has 0 amide bonds. The van der Waals surface area contributed by atoms with Crippen LogP contribution in [0.25, 0.3) is 5.69 Å². The van der Waals surface area contributed by atoms with Gasteiger partial charge < -0.3 is 0 Å². The Kier molecular flexibility index (Phi) is 1.32. The molecule has 0 bridgehead atoms. The number of hydrogen-bond acceptors (Lipinski definition) is 4. The maximum atomic E-state index is 10.9. The minimum absolute atomic E-state index is 0.316. The summed E-state index contributed by atoms with van der Waals surface area (Å²) in [7, 11) is 0. The zero-order valence-electron chi connectivity index (χ0n) is 5.39. The lowest BCUT2D eigenvalue weighted by Gasteiger charge is -1.87. The van der Waals surface area contributed by atoms with Crippen LogP contribution in [-0.4, -0.2) is 20.2 Å². The predicted molar refractivity (Wildman–Crippen MR) is 39.9 cm³/mol. The maximum absolute atomic E-state index is 10.9. The first kappa shape index (κ1) is 6.29. The molecule has 0 aliphatic carbocycles. The van der Waals surface area contributed by atoms with Gasteiger partial charge in [0.05, 0.1) is 5.69 Å². The summed E-state index contributed by atoms with van der Waals surface area (Å²) in [4.78, 5) is 10.9. The van der Waals surface area contributed by atoms with Crippen molar-refractivity contribution in [2.45, 2.75) is 0 Å². The normalized spacial score (nSPS) is 10.2. The Labute approximate surface area is 65.3 Å². The second-order valence-electron chi connectivity index (χ2n) is 1.90. The molecule has 0 saturated heterocycles. The van der Waals surface area contributed by atoms with Crippen molar-refractivity contribution in [1.82, 2.24) is 20.2 Å². The molecule has 0 atom stereocenters. The van der Waals surface area contributed by atoms with E-state index >= 15 is 0 Å². The van der Waals surface area contributed by atoms with E-state index in [9.17, 15) is 4.79 Å². The summed E-state index contributed by atoms with van der Waals surface area (Å²) in [6, 6.07) is 1.80. The molecule has 2 aromatic rings. The van der Waals surface area contributed by atoms with Crippen molar-refractivity contribution in [1.29, 1.82) is 0 Å². The highest BCUT2D eigenvalue weighted by Gasteiger charge is 2.00. The molecule has 11 heavy (non-hydrogen) atoms. The van der Waals surface area contributed by atoms with E-state index in [2.05, 4.69) is 15.5 Å². The lowest BCUT2D eigenvalue weighted by Crippen LogP contribution is -2.14. The van der Waals surface area contributed by atoms with Crippen LogP contribution < -0.4 is 5.69 Å². The van der Waals surface area contributed by atoms with E-state index in [1.807, 2.05) is 10.8 Å². The van der Waals surface area contributed by atoms with Gasteiger partial charge in [-0.25, -0.2) is 9.89 Å². The average molecular weight is 168 g/mol. The molecular weight excluding hydrogens is 164 g/mol. The number of thiophene rings is 1. The van der Waals surface area contributed by atoms with E-state index in [-0.39, 0.29) is 5.69 Å². The average Bonchev–Trinajstić information content (AvgIpc) is 2.55. The van der Waals surface area contributed by atoms with Crippen LogP contribution in [-0.2, 0) is 0 Å². The van der Waals surface area contributed by atoms with Crippen LogP contribution in [0.1, 0.15) is 0 Å². The number of aromatic amines is 1. The molecule has 0 saturated carbocycles. The summed E-state index contributed by atoms with van der Waals surface area (Å²) in [6.07, 6.45) is 0. The molecule has 2 heterocycles. The van der Waals surface area contributed by atoms with Crippen LogP contribution in [0.4, 0.5) is 0 Å². The number of aromatic nitrogens is 4. The minimum atomic E-state index is -0.316. The molecule has 0 aromatic carbocycles. The smallest absolute Gasteiger partial charge is 0.244 e. The summed E-state index contributed by atoms with van der Waals surface area (Å²) in [5.41, 5.74) is 0.428. The molecular formula is C5H4N4OS. The first-order valence-electron chi connectivity index (χ1n) is 2.91. The van der Waals surface area contributed by atoms with E-state index in [1.165, 1.54) is 16.0 Å². The first-order chi connectivity index (χ1) is 5.38. The fourth-order valence-electron chi connectivity index (χ4n) is 0.745. The quantitative estimate of drug-likeness (QED) is 0.652. The van der Waals surface area contributed by atoms with Crippen molar-refractivity contribution < 1.29 is 0 Å².